The molecule has 5 atom stereocenters. The number of carbonyl (C=O) groups is 2. The van der Waals surface area contributed by atoms with Crippen LogP contribution in [-0.2, 0) is 73.5 Å². The van der Waals surface area contributed by atoms with Gasteiger partial charge in [0.2, 0.25) is 0 Å². The van der Waals surface area contributed by atoms with E-state index in [1.165, 1.54) is 13.0 Å². The van der Waals surface area contributed by atoms with E-state index in [0.29, 0.717) is 39.7 Å². The zero-order valence-electron chi connectivity index (χ0n) is 58.4. The molecule has 540 valence electrons. The second-order valence-electron chi connectivity index (χ2n) is 25.8. The fourth-order valence-electron chi connectivity index (χ4n) is 12.8. The zero-order chi connectivity index (χ0) is 73.3. The largest absolute Gasteiger partial charge is 0.489 e. The Bertz CT molecular complexity index is 4930. The molecule has 107 heavy (non-hydrogen) atoms. The Morgan fingerprint density at radius 1 is 0.374 bits per heavy atom. The maximum Gasteiger partial charge on any atom is 0.455 e. The van der Waals surface area contributed by atoms with E-state index < -0.39 is 65.5 Å². The Labute approximate surface area is 618 Å². The third kappa shape index (κ3) is 18.2. The van der Waals surface area contributed by atoms with Crippen molar-refractivity contribution in [3.63, 3.8) is 0 Å². The van der Waals surface area contributed by atoms with Crippen LogP contribution in [0.1, 0.15) is 102 Å². The van der Waals surface area contributed by atoms with E-state index in [1.54, 1.807) is 78.9 Å². The molecule has 0 saturated heterocycles. The Morgan fingerprint density at radius 2 is 0.729 bits per heavy atom. The number of carbonyl (C=O) groups excluding carboxylic acids is 2. The lowest BCUT2D eigenvalue weighted by Crippen LogP contribution is -2.43. The van der Waals surface area contributed by atoms with Crippen LogP contribution in [-0.4, -0.2) is 30.1 Å². The number of esters is 1. The van der Waals surface area contributed by atoms with Gasteiger partial charge in [0.05, 0.1) is 5.56 Å². The van der Waals surface area contributed by atoms with E-state index in [0.717, 1.165) is 38.9 Å². The summed E-state index contributed by atoms with van der Waals surface area (Å²) in [6, 6.07) is 90.8. The molecule has 0 N–H and O–H groups in total. The van der Waals surface area contributed by atoms with E-state index in [4.69, 9.17) is 56.8 Å². The van der Waals surface area contributed by atoms with Crippen molar-refractivity contribution in [3.05, 3.63) is 370 Å². The van der Waals surface area contributed by atoms with Gasteiger partial charge in [0.25, 0.3) is 5.78 Å². The predicted molar refractivity (Wildman–Crippen MR) is 396 cm³/mol. The molecule has 2 aliphatic rings. The van der Waals surface area contributed by atoms with Crippen molar-refractivity contribution in [2.24, 2.45) is 0 Å². The Morgan fingerprint density at radius 3 is 1.12 bits per heavy atom. The van der Waals surface area contributed by atoms with Crippen LogP contribution in [0.2, 0.25) is 0 Å². The molecule has 14 nitrogen and oxygen atoms in total. The molecular formula is C90H75F3O14. The number of alkyl halides is 3. The highest BCUT2D eigenvalue weighted by atomic mass is 19.4. The number of ketones is 1. The molecule has 0 unspecified atom stereocenters. The van der Waals surface area contributed by atoms with Crippen LogP contribution in [0.3, 0.4) is 0 Å². The molecule has 2 heterocycles. The maximum atomic E-state index is 15.7. The first kappa shape index (κ1) is 71.5. The van der Waals surface area contributed by atoms with Crippen molar-refractivity contribution in [2.45, 2.75) is 103 Å². The fraction of sp³-hybridized carbons (Fsp3) is 0.178. The first-order valence-electron chi connectivity index (χ1n) is 35.2. The van der Waals surface area contributed by atoms with Gasteiger partial charge in [-0.3, -0.25) is 9.59 Å². The molecule has 0 spiro atoms. The van der Waals surface area contributed by atoms with Crippen LogP contribution in [0.15, 0.2) is 297 Å². The van der Waals surface area contributed by atoms with Gasteiger partial charge in [-0.05, 0) is 74.3 Å². The zero-order valence-corrected chi connectivity index (χ0v) is 58.4. The van der Waals surface area contributed by atoms with E-state index >= 15 is 13.2 Å². The summed E-state index contributed by atoms with van der Waals surface area (Å²) >= 11 is 0. The first-order valence-corrected chi connectivity index (χ1v) is 35.2. The maximum absolute atomic E-state index is 15.7. The molecule has 0 radical (unpaired) electrons. The number of hydrogen-bond acceptors (Lipinski definition) is 14. The smallest absolute Gasteiger partial charge is 0.455 e. The summed E-state index contributed by atoms with van der Waals surface area (Å²) in [6.45, 7) is 1.68. The van der Waals surface area contributed by atoms with Crippen LogP contribution in [0.25, 0.3) is 0 Å². The van der Waals surface area contributed by atoms with Gasteiger partial charge >= 0.3 is 12.1 Å². The second-order valence-corrected chi connectivity index (χ2v) is 25.8. The molecule has 0 amide bonds. The van der Waals surface area contributed by atoms with Crippen molar-refractivity contribution in [1.29, 1.82) is 0 Å². The third-order valence-corrected chi connectivity index (χ3v) is 18.1. The van der Waals surface area contributed by atoms with Gasteiger partial charge < -0.3 is 56.8 Å². The summed E-state index contributed by atoms with van der Waals surface area (Å²) in [5.74, 6) is -1.78. The molecule has 0 bridgehead atoms. The summed E-state index contributed by atoms with van der Waals surface area (Å²) in [4.78, 5) is 28.9. The van der Waals surface area contributed by atoms with Crippen molar-refractivity contribution in [2.75, 3.05) is 0 Å². The number of fused-ring (bicyclic) bond motifs is 2. The molecule has 14 rings (SSSR count). The van der Waals surface area contributed by atoms with Crippen LogP contribution in [0.4, 0.5) is 13.2 Å². The highest BCUT2D eigenvalue weighted by Gasteiger charge is 2.51. The van der Waals surface area contributed by atoms with Crippen molar-refractivity contribution < 1.29 is 79.6 Å². The average molecular weight is 1440 g/mol. The van der Waals surface area contributed by atoms with E-state index in [2.05, 4.69) is 0 Å². The topological polar surface area (TPSA) is 145 Å². The minimum atomic E-state index is -5.45. The predicted octanol–water partition coefficient (Wildman–Crippen LogP) is 19.9. The van der Waals surface area contributed by atoms with Gasteiger partial charge in [-0.2, -0.15) is 13.2 Å². The van der Waals surface area contributed by atoms with Crippen LogP contribution in [0.5, 0.6) is 57.5 Å². The Kier molecular flexibility index (Phi) is 22.7. The number of hydrogen-bond donors (Lipinski definition) is 0. The lowest BCUT2D eigenvalue weighted by atomic mass is 9.88. The number of Topliss-reactive ketones (excluding diaryl/α,β-unsaturated/α-hetero) is 1. The monoisotopic (exact) mass is 1440 g/mol. The van der Waals surface area contributed by atoms with Gasteiger partial charge in [0.1, 0.15) is 105 Å². The van der Waals surface area contributed by atoms with Crippen LogP contribution in [0, 0.1) is 0 Å². The van der Waals surface area contributed by atoms with Crippen molar-refractivity contribution in [1.82, 2.24) is 0 Å². The van der Waals surface area contributed by atoms with E-state index in [1.807, 2.05) is 212 Å². The van der Waals surface area contributed by atoms with Gasteiger partial charge in [-0.1, -0.05) is 255 Å². The molecular weight excluding hydrogens is 1360 g/mol. The second kappa shape index (κ2) is 34.0. The Balaban J connectivity index is 0.969. The summed E-state index contributed by atoms with van der Waals surface area (Å²) < 4.78 is 129. The summed E-state index contributed by atoms with van der Waals surface area (Å²) in [5, 5.41) is 0. The summed E-state index contributed by atoms with van der Waals surface area (Å²) in [7, 11) is 0. The standard InChI is InChI=1S/C90H75F3O14/c1-60(94)104-88-85(70-43-45-74(98-54-63-30-14-4-15-31-63)77(47-70)101-57-66-36-20-7-21-37-66)105-80-49-71(96-52-61-26-10-2-11-27-61)48-78(102-58-67-38-22-8-23-39-67)82(80)87(88)106-81-50-72-75(99-55-64-32-16-5-17-33-64)51-79(103-59-68-40-24-9-25-41-68)83(89(95)90(91,92)93)86(72)107-84(81)69-42-44-73(97-53-62-28-12-3-13-29-62)76(46-69)100-56-65-34-18-6-19-35-65/h2-49,51,81,84-85,87-88H,50,52-59H2,1H3/t81-,84+,85+,87-,88+/m0/s1. The molecule has 12 aromatic carbocycles. The fourth-order valence-corrected chi connectivity index (χ4v) is 12.8. The molecule has 12 aromatic rings. The number of halogens is 3. The van der Waals surface area contributed by atoms with Gasteiger partial charge in [-0.25, -0.2) is 0 Å². The minimum Gasteiger partial charge on any atom is -0.489 e. The van der Waals surface area contributed by atoms with E-state index in [-0.39, 0.29) is 93.4 Å². The molecule has 0 aromatic heterocycles. The lowest BCUT2D eigenvalue weighted by Gasteiger charge is -2.43. The molecule has 0 fully saturated rings. The molecule has 17 heteroatoms. The summed E-state index contributed by atoms with van der Waals surface area (Å²) in [6.07, 6.45) is -12.7. The van der Waals surface area contributed by atoms with Gasteiger partial charge in [-0.15, -0.1) is 0 Å². The molecule has 0 aliphatic carbocycles. The van der Waals surface area contributed by atoms with Gasteiger partial charge in [0, 0.05) is 42.7 Å². The number of ether oxygens (including phenoxy) is 12. The van der Waals surface area contributed by atoms with Crippen LogP contribution >= 0.6 is 0 Å². The number of rotatable bonds is 30. The number of benzene rings is 12. The first-order chi connectivity index (χ1) is 52.4. The molecule has 2 aliphatic heterocycles. The van der Waals surface area contributed by atoms with Crippen molar-refractivity contribution >= 4 is 11.8 Å². The highest BCUT2D eigenvalue weighted by molar-refractivity contribution is 6.06. The normalized spacial score (nSPS) is 15.7. The highest BCUT2D eigenvalue weighted by Crippen LogP contribution is 2.55. The quantitative estimate of drug-likeness (QED) is 0.0311. The van der Waals surface area contributed by atoms with Crippen molar-refractivity contribution in [3.8, 4) is 57.5 Å². The van der Waals surface area contributed by atoms with E-state index in [9.17, 15) is 9.59 Å². The third-order valence-electron chi connectivity index (χ3n) is 18.1. The van der Waals surface area contributed by atoms with Gasteiger partial charge in [0.15, 0.2) is 41.3 Å². The Hall–Kier alpha value is -12.5. The SMILES string of the molecule is CC(=O)O[C@@H]1[C@@H](c2ccc(OCc3ccccc3)c(OCc3ccccc3)c2)Oc2cc(OCc3ccccc3)cc(OCc3ccccc3)c2[C@@H]1O[C@H]1Cc2c(OCc3ccccc3)cc(OCc3ccccc3)c(C(=O)C(F)(F)F)c2O[C@@H]1c1ccc(OCc2ccccc2)c(OCc2ccccc2)c1. The van der Waals surface area contributed by atoms with Crippen LogP contribution < -0.4 is 47.4 Å². The average Bonchev–Trinajstić information content (AvgIpc) is 0.743. The lowest BCUT2D eigenvalue weighted by molar-refractivity contribution is -0.184. The minimum absolute atomic E-state index is 0.0240. The molecule has 0 saturated carbocycles. The summed E-state index contributed by atoms with van der Waals surface area (Å²) in [5.41, 5.74) is 6.67.